The zero-order valence-corrected chi connectivity index (χ0v) is 37.1. The third-order valence-electron chi connectivity index (χ3n) is 13.1. The van der Waals surface area contributed by atoms with Crippen LogP contribution >= 0.6 is 0 Å². The molecule has 2 N–H and O–H groups in total. The Balaban J connectivity index is 1.30. The summed E-state index contributed by atoms with van der Waals surface area (Å²) in [7, 11) is 0. The molecule has 5 aliphatic rings. The third kappa shape index (κ3) is 10.2. The van der Waals surface area contributed by atoms with Crippen LogP contribution in [0.3, 0.4) is 0 Å². The van der Waals surface area contributed by atoms with Crippen molar-refractivity contribution < 1.29 is 48.5 Å². The first kappa shape index (κ1) is 45.8. The molecule has 3 aliphatic heterocycles. The highest BCUT2D eigenvalue weighted by Gasteiger charge is 2.65. The minimum atomic E-state index is -1.48. The number of benzene rings is 3. The van der Waals surface area contributed by atoms with Gasteiger partial charge in [0.15, 0.2) is 11.5 Å². The van der Waals surface area contributed by atoms with Gasteiger partial charge in [-0.25, -0.2) is 0 Å². The van der Waals surface area contributed by atoms with E-state index in [-0.39, 0.29) is 68.9 Å². The first-order valence-corrected chi connectivity index (χ1v) is 22.9. The molecule has 3 aromatic carbocycles. The second-order valence-corrected chi connectivity index (χ2v) is 17.2. The topological polar surface area (TPSA) is 175 Å². The maximum absolute atomic E-state index is 15.2. The van der Waals surface area contributed by atoms with Crippen LogP contribution in [0, 0.1) is 27.9 Å². The number of fused-ring (bicyclic) bond motifs is 3. The largest absolute Gasteiger partial charge is 0.492 e. The number of carbonyl (C=O) groups excluding carboxylic acids is 1. The number of oxime groups is 1. The van der Waals surface area contributed by atoms with Gasteiger partial charge in [0.1, 0.15) is 30.8 Å². The minimum Gasteiger partial charge on any atom is -0.492 e. The van der Waals surface area contributed by atoms with Crippen LogP contribution in [0.25, 0.3) is 6.08 Å². The van der Waals surface area contributed by atoms with E-state index in [2.05, 4.69) is 23.6 Å². The molecule has 6 unspecified atom stereocenters. The fourth-order valence-electron chi connectivity index (χ4n) is 10.0. The highest BCUT2D eigenvalue weighted by Crippen LogP contribution is 2.62. The molecular formula is C50H60N4O11. The zero-order valence-electron chi connectivity index (χ0n) is 37.1. The maximum atomic E-state index is 15.2. The summed E-state index contributed by atoms with van der Waals surface area (Å²) < 4.78 is 32.4. The van der Waals surface area contributed by atoms with Crippen molar-refractivity contribution >= 4 is 23.4 Å². The van der Waals surface area contributed by atoms with Gasteiger partial charge in [-0.1, -0.05) is 36.2 Å². The molecule has 8 rings (SSSR count). The predicted molar refractivity (Wildman–Crippen MR) is 244 cm³/mol. The van der Waals surface area contributed by atoms with Crippen molar-refractivity contribution in [2.75, 3.05) is 59.5 Å². The van der Waals surface area contributed by atoms with Crippen LogP contribution in [-0.4, -0.2) is 108 Å². The number of nitrogens with zero attached hydrogens (tertiary/aromatic N) is 4. The lowest BCUT2D eigenvalue weighted by molar-refractivity contribution is -0.384. The number of ether oxygens (including phenoxy) is 5. The lowest BCUT2D eigenvalue weighted by Crippen LogP contribution is -2.70. The molecule has 0 radical (unpaired) electrons. The lowest BCUT2D eigenvalue weighted by Gasteiger charge is -2.60. The van der Waals surface area contributed by atoms with E-state index in [1.54, 1.807) is 29.2 Å². The third-order valence-corrected chi connectivity index (χ3v) is 13.1. The molecule has 0 spiro atoms. The number of hydrogen-bond donors (Lipinski definition) is 2. The summed E-state index contributed by atoms with van der Waals surface area (Å²) in [5, 5.41) is 36.2. The van der Waals surface area contributed by atoms with Gasteiger partial charge in [0.2, 0.25) is 18.5 Å². The highest BCUT2D eigenvalue weighted by molar-refractivity contribution is 6.03. The SMILES string of the molecule is C=CCOC12Oc3ccc(OCCN4CC4)cc3C3C(CCCCO)C(CCCCO)C=C(C(=NOCC)CC1N(Cc1ccc4c(c1)OCO4)C(=O)C=Cc1ccc([N+](=O)[O-])cc1)C32. The molecule has 3 aromatic rings. The van der Waals surface area contributed by atoms with Gasteiger partial charge in [-0.15, -0.1) is 6.58 Å². The molecule has 65 heavy (non-hydrogen) atoms. The normalized spacial score (nSPS) is 24.4. The van der Waals surface area contributed by atoms with E-state index < -0.39 is 22.7 Å². The van der Waals surface area contributed by atoms with Crippen LogP contribution in [0.4, 0.5) is 5.69 Å². The molecule has 3 heterocycles. The summed E-state index contributed by atoms with van der Waals surface area (Å²) in [5.41, 5.74) is 3.94. The summed E-state index contributed by atoms with van der Waals surface area (Å²) in [6, 6.07) is 16.8. The average molecular weight is 893 g/mol. The number of amides is 1. The molecular weight excluding hydrogens is 833 g/mol. The van der Waals surface area contributed by atoms with Gasteiger partial charge in [-0.3, -0.25) is 19.8 Å². The number of rotatable bonds is 23. The standard InChI is InChI=1S/C50H60N4O11/c1-3-26-63-50-46(53(32-35-13-18-44-45(28-35)62-33-61-44)47(57)20-14-34-11-15-37(16-12-34)54(58)59)31-42(51-64-4-2)40-29-36(9-5-7-24-55)39(10-6-8-25-56)48(49(40)50)41-30-38(17-19-43(41)65-50)60-27-23-52-21-22-52/h3,11-20,28-30,36,39,46,48-49,55-56H,1,4-10,21-27,31-33H2,2H3. The molecule has 15 heteroatoms. The van der Waals surface area contributed by atoms with Crippen LogP contribution in [0.5, 0.6) is 23.0 Å². The molecule has 6 atom stereocenters. The Morgan fingerprint density at radius 2 is 1.78 bits per heavy atom. The van der Waals surface area contributed by atoms with Crippen molar-refractivity contribution in [3.05, 3.63) is 118 Å². The Bertz CT molecular complexity index is 2260. The van der Waals surface area contributed by atoms with E-state index in [0.717, 1.165) is 67.8 Å². The van der Waals surface area contributed by atoms with Gasteiger partial charge in [0.05, 0.1) is 23.2 Å². The molecule has 15 nitrogen and oxygen atoms in total. The van der Waals surface area contributed by atoms with Gasteiger partial charge in [0.25, 0.3) is 5.69 Å². The summed E-state index contributed by atoms with van der Waals surface area (Å²) >= 11 is 0. The van der Waals surface area contributed by atoms with Crippen LogP contribution < -0.4 is 18.9 Å². The number of hydrogen-bond acceptors (Lipinski definition) is 13. The number of aliphatic hydroxyl groups excluding tert-OH is 2. The second-order valence-electron chi connectivity index (χ2n) is 17.2. The number of aliphatic hydroxyl groups is 2. The monoisotopic (exact) mass is 892 g/mol. The van der Waals surface area contributed by atoms with Crippen molar-refractivity contribution in [3.8, 4) is 23.0 Å². The van der Waals surface area contributed by atoms with E-state index in [1.807, 2.05) is 37.3 Å². The van der Waals surface area contributed by atoms with Gasteiger partial charge in [0, 0.05) is 75.5 Å². The summed E-state index contributed by atoms with van der Waals surface area (Å²) in [4.78, 5) is 36.1. The fourth-order valence-corrected chi connectivity index (χ4v) is 10.0. The van der Waals surface area contributed by atoms with Gasteiger partial charge < -0.3 is 43.6 Å². The Morgan fingerprint density at radius 3 is 2.52 bits per heavy atom. The summed E-state index contributed by atoms with van der Waals surface area (Å²) in [5.74, 6) is 0.115. The van der Waals surface area contributed by atoms with E-state index in [4.69, 9.17) is 33.7 Å². The van der Waals surface area contributed by atoms with Crippen molar-refractivity contribution in [3.63, 3.8) is 0 Å². The Kier molecular flexibility index (Phi) is 14.8. The Labute approximate surface area is 380 Å². The number of non-ortho nitro benzene ring substituents is 1. The van der Waals surface area contributed by atoms with E-state index >= 15 is 4.79 Å². The molecule has 0 bridgehead atoms. The number of nitro benzene ring substituents is 1. The van der Waals surface area contributed by atoms with Crippen molar-refractivity contribution in [1.82, 2.24) is 9.80 Å². The molecule has 1 saturated heterocycles. The average Bonchev–Trinajstić information content (AvgIpc) is 4.03. The highest BCUT2D eigenvalue weighted by atomic mass is 16.7. The van der Waals surface area contributed by atoms with Crippen LogP contribution in [0.1, 0.15) is 74.5 Å². The summed E-state index contributed by atoms with van der Waals surface area (Å²) in [6.07, 6.45) is 11.9. The maximum Gasteiger partial charge on any atom is 0.269 e. The van der Waals surface area contributed by atoms with Crippen LogP contribution in [0.15, 0.2) is 96.2 Å². The van der Waals surface area contributed by atoms with E-state index in [1.165, 1.54) is 18.2 Å². The number of nitro groups is 1. The molecule has 0 aromatic heterocycles. The van der Waals surface area contributed by atoms with Crippen molar-refractivity contribution in [2.45, 2.75) is 76.2 Å². The smallest absolute Gasteiger partial charge is 0.269 e. The lowest BCUT2D eigenvalue weighted by atomic mass is 9.55. The van der Waals surface area contributed by atoms with E-state index in [0.29, 0.717) is 54.6 Å². The predicted octanol–water partition coefficient (Wildman–Crippen LogP) is 7.41. The minimum absolute atomic E-state index is 0.0447. The first-order valence-electron chi connectivity index (χ1n) is 22.9. The second kappa shape index (κ2) is 21.0. The van der Waals surface area contributed by atoms with Gasteiger partial charge in [-0.2, -0.15) is 0 Å². The van der Waals surface area contributed by atoms with Crippen LogP contribution in [-0.2, 0) is 20.9 Å². The van der Waals surface area contributed by atoms with Gasteiger partial charge >= 0.3 is 0 Å². The summed E-state index contributed by atoms with van der Waals surface area (Å²) in [6.45, 7) is 10.3. The number of unbranched alkanes of at least 4 members (excludes halogenated alkanes) is 2. The van der Waals surface area contributed by atoms with E-state index in [9.17, 15) is 20.3 Å². The first-order chi connectivity index (χ1) is 31.8. The van der Waals surface area contributed by atoms with Gasteiger partial charge in [-0.05, 0) is 110 Å². The fraction of sp³-hybridized carbons (Fsp3) is 0.480. The molecule has 2 fully saturated rings. The Morgan fingerprint density at radius 1 is 1.02 bits per heavy atom. The quantitative estimate of drug-likeness (QED) is 0.0241. The molecule has 1 saturated carbocycles. The Hall–Kier alpha value is -5.74. The molecule has 1 amide bonds. The molecule has 346 valence electrons. The number of allylic oxidation sites excluding steroid dienone is 1. The number of carbonyl (C=O) groups is 1. The van der Waals surface area contributed by atoms with Crippen LogP contribution in [0.2, 0.25) is 0 Å². The van der Waals surface area contributed by atoms with Crippen molar-refractivity contribution in [2.24, 2.45) is 22.9 Å². The zero-order chi connectivity index (χ0) is 45.3. The van der Waals surface area contributed by atoms with Crippen molar-refractivity contribution in [1.29, 1.82) is 0 Å². The molecule has 2 aliphatic carbocycles.